The van der Waals surface area contributed by atoms with Crippen LogP contribution in [0, 0.1) is 0 Å². The number of rotatable bonds is 7. The first kappa shape index (κ1) is 18.2. The van der Waals surface area contributed by atoms with Crippen LogP contribution in [0.15, 0.2) is 29.2 Å². The van der Waals surface area contributed by atoms with Gasteiger partial charge < -0.3 is 19.7 Å². The summed E-state index contributed by atoms with van der Waals surface area (Å²) in [5, 5.41) is 11.7. The molecule has 2 aromatic heterocycles. The van der Waals surface area contributed by atoms with E-state index in [9.17, 15) is 0 Å². The summed E-state index contributed by atoms with van der Waals surface area (Å²) >= 11 is 0. The molecule has 0 saturated carbocycles. The molecule has 2 unspecified atom stereocenters. The minimum Gasteiger partial charge on any atom is -0.475 e. The maximum atomic E-state index is 5.71. The number of likely N-dealkylation sites (N-methyl/N-ethyl adjacent to an activating group) is 1. The van der Waals surface area contributed by atoms with E-state index in [1.54, 1.807) is 19.6 Å². The average Bonchev–Trinajstić information content (AvgIpc) is 3.04. The number of H-pyrrole nitrogens is 1. The zero-order valence-corrected chi connectivity index (χ0v) is 15.9. The molecule has 140 valence electrons. The number of nitrogens with one attached hydrogen (secondary N) is 2. The Morgan fingerprint density at radius 3 is 2.85 bits per heavy atom. The lowest BCUT2D eigenvalue weighted by Gasteiger charge is -2.26. The van der Waals surface area contributed by atoms with Crippen LogP contribution in [-0.2, 0) is 4.74 Å². The van der Waals surface area contributed by atoms with Gasteiger partial charge in [-0.1, -0.05) is 0 Å². The van der Waals surface area contributed by atoms with Crippen molar-refractivity contribution in [1.29, 1.82) is 0 Å². The molecule has 26 heavy (non-hydrogen) atoms. The van der Waals surface area contributed by atoms with E-state index in [1.807, 2.05) is 33.9 Å². The molecule has 0 fully saturated rings. The van der Waals surface area contributed by atoms with E-state index in [2.05, 4.69) is 36.5 Å². The lowest BCUT2D eigenvalue weighted by atomic mass is 10.1. The van der Waals surface area contributed by atoms with Crippen LogP contribution in [0.3, 0.4) is 0 Å². The van der Waals surface area contributed by atoms with Crippen LogP contribution in [0.4, 0.5) is 0 Å². The number of hydrogen-bond acceptors (Lipinski definition) is 7. The van der Waals surface area contributed by atoms with Crippen LogP contribution in [0.1, 0.15) is 32.5 Å². The number of nitrogens with zero attached hydrogens (tertiary/aromatic N) is 4. The van der Waals surface area contributed by atoms with Crippen LogP contribution in [0.25, 0.3) is 10.9 Å². The maximum absolute atomic E-state index is 5.71. The van der Waals surface area contributed by atoms with Crippen molar-refractivity contribution in [2.75, 3.05) is 20.7 Å². The highest BCUT2D eigenvalue weighted by atomic mass is 16.5. The van der Waals surface area contributed by atoms with Crippen LogP contribution in [0.2, 0.25) is 0 Å². The number of aliphatic imine (C=N–C) groups is 1. The average molecular weight is 358 g/mol. The van der Waals surface area contributed by atoms with Crippen LogP contribution in [-0.4, -0.2) is 59.3 Å². The van der Waals surface area contributed by atoms with Gasteiger partial charge in [-0.2, -0.15) is 5.10 Å². The Balaban J connectivity index is 1.87. The fourth-order valence-corrected chi connectivity index (χ4v) is 2.82. The molecule has 0 bridgehead atoms. The first-order chi connectivity index (χ1) is 12.5. The summed E-state index contributed by atoms with van der Waals surface area (Å²) in [6.45, 7) is 6.74. The van der Waals surface area contributed by atoms with Gasteiger partial charge in [-0.05, 0) is 26.8 Å². The van der Waals surface area contributed by atoms with Crippen LogP contribution in [0.5, 0.6) is 5.88 Å². The number of aromatic amines is 1. The number of ether oxygens (including phenoxy) is 2. The van der Waals surface area contributed by atoms with Crippen LogP contribution >= 0.6 is 0 Å². The predicted octanol–water partition coefficient (Wildman–Crippen LogP) is 2.23. The zero-order valence-electron chi connectivity index (χ0n) is 15.9. The summed E-state index contributed by atoms with van der Waals surface area (Å²) in [6, 6.07) is 1.83. The first-order valence-electron chi connectivity index (χ1n) is 8.73. The normalized spacial score (nSPS) is 17.9. The smallest absolute Gasteiger partial charge is 0.214 e. The Morgan fingerprint density at radius 2 is 2.12 bits per heavy atom. The van der Waals surface area contributed by atoms with E-state index in [-0.39, 0.29) is 18.2 Å². The molecule has 0 spiro atoms. The molecule has 0 saturated heterocycles. The molecule has 2 atom stereocenters. The highest BCUT2D eigenvalue weighted by molar-refractivity contribution is 5.82. The Bertz CT molecular complexity index is 813. The quantitative estimate of drug-likeness (QED) is 0.789. The number of aromatic nitrogens is 3. The van der Waals surface area contributed by atoms with E-state index in [0.29, 0.717) is 5.88 Å². The Hall–Kier alpha value is -2.61. The molecule has 2 aromatic rings. The van der Waals surface area contributed by atoms with Crippen molar-refractivity contribution in [3.05, 3.63) is 29.9 Å². The molecule has 1 aliphatic rings. The first-order valence-corrected chi connectivity index (χ1v) is 8.73. The number of methoxy groups -OCH3 is 1. The second-order valence-electron chi connectivity index (χ2n) is 6.70. The van der Waals surface area contributed by atoms with Gasteiger partial charge in [0.2, 0.25) is 5.88 Å². The maximum Gasteiger partial charge on any atom is 0.214 e. The molecule has 3 heterocycles. The summed E-state index contributed by atoms with van der Waals surface area (Å²) < 4.78 is 11.1. The van der Waals surface area contributed by atoms with Crippen molar-refractivity contribution >= 4 is 17.2 Å². The summed E-state index contributed by atoms with van der Waals surface area (Å²) in [6.07, 6.45) is 5.70. The van der Waals surface area contributed by atoms with Gasteiger partial charge in [0.05, 0.1) is 42.0 Å². The summed E-state index contributed by atoms with van der Waals surface area (Å²) in [5.74, 6) is 1.47. The topological polar surface area (TPSA) is 87.7 Å². The Labute approximate surface area is 153 Å². The fraction of sp³-hybridized carbons (Fsp3) is 0.500. The molecule has 0 aromatic carbocycles. The number of fused-ring (bicyclic) bond motifs is 1. The fourth-order valence-electron chi connectivity index (χ4n) is 2.82. The Kier molecular flexibility index (Phi) is 5.41. The minimum atomic E-state index is -0.0918. The lowest BCUT2D eigenvalue weighted by Crippen LogP contribution is -2.31. The Morgan fingerprint density at radius 1 is 1.31 bits per heavy atom. The SMILES string of the molecule is COC(C)CN(C)C1=CC(c2n[nH]c3cnc(OC(C)C)cc23)NC=N1. The van der Waals surface area contributed by atoms with E-state index in [0.717, 1.165) is 29.0 Å². The van der Waals surface area contributed by atoms with E-state index in [4.69, 9.17) is 9.47 Å². The zero-order chi connectivity index (χ0) is 18.7. The van der Waals surface area contributed by atoms with Gasteiger partial charge in [-0.3, -0.25) is 5.10 Å². The number of pyridine rings is 1. The van der Waals surface area contributed by atoms with Gasteiger partial charge in [0.1, 0.15) is 5.82 Å². The van der Waals surface area contributed by atoms with Crippen molar-refractivity contribution in [2.24, 2.45) is 4.99 Å². The number of hydrogen-bond donors (Lipinski definition) is 2. The van der Waals surface area contributed by atoms with Crippen molar-refractivity contribution in [1.82, 2.24) is 25.4 Å². The summed E-state index contributed by atoms with van der Waals surface area (Å²) in [5.41, 5.74) is 1.75. The highest BCUT2D eigenvalue weighted by Gasteiger charge is 2.20. The lowest BCUT2D eigenvalue weighted by molar-refractivity contribution is 0.0940. The van der Waals surface area contributed by atoms with Gasteiger partial charge in [0.15, 0.2) is 0 Å². The third-order valence-corrected chi connectivity index (χ3v) is 4.19. The molecule has 1 aliphatic heterocycles. The van der Waals surface area contributed by atoms with E-state index < -0.39 is 0 Å². The second-order valence-corrected chi connectivity index (χ2v) is 6.70. The summed E-state index contributed by atoms with van der Waals surface area (Å²) in [4.78, 5) is 10.8. The van der Waals surface area contributed by atoms with Gasteiger partial charge >= 0.3 is 0 Å². The van der Waals surface area contributed by atoms with Gasteiger partial charge in [-0.15, -0.1) is 0 Å². The third-order valence-electron chi connectivity index (χ3n) is 4.19. The van der Waals surface area contributed by atoms with Gasteiger partial charge in [0.25, 0.3) is 0 Å². The van der Waals surface area contributed by atoms with Crippen molar-refractivity contribution in [3.63, 3.8) is 0 Å². The highest BCUT2D eigenvalue weighted by Crippen LogP contribution is 2.27. The minimum absolute atomic E-state index is 0.0677. The molecule has 8 nitrogen and oxygen atoms in total. The second kappa shape index (κ2) is 7.74. The van der Waals surface area contributed by atoms with E-state index in [1.165, 1.54) is 0 Å². The molecule has 0 aliphatic carbocycles. The van der Waals surface area contributed by atoms with Gasteiger partial charge in [0, 0.05) is 32.2 Å². The van der Waals surface area contributed by atoms with Crippen molar-refractivity contribution in [2.45, 2.75) is 39.0 Å². The third kappa shape index (κ3) is 3.96. The van der Waals surface area contributed by atoms with Gasteiger partial charge in [-0.25, -0.2) is 9.98 Å². The molecule has 3 rings (SSSR count). The molecular formula is C18H26N6O2. The summed E-state index contributed by atoms with van der Waals surface area (Å²) in [7, 11) is 3.71. The molecule has 8 heteroatoms. The van der Waals surface area contributed by atoms with Crippen molar-refractivity contribution < 1.29 is 9.47 Å². The monoisotopic (exact) mass is 358 g/mol. The largest absolute Gasteiger partial charge is 0.475 e. The molecule has 0 amide bonds. The standard InChI is InChI=1S/C18H26N6O2/c1-11(2)26-17-6-13-15(8-19-17)22-23-18(13)14-7-16(21-10-20-14)24(4)9-12(3)25-5/h6-8,10-12,14H,9H2,1-5H3,(H,20,21)(H,22,23). The van der Waals surface area contributed by atoms with E-state index >= 15 is 0 Å². The van der Waals surface area contributed by atoms with Crippen molar-refractivity contribution in [3.8, 4) is 5.88 Å². The van der Waals surface area contributed by atoms with Crippen LogP contribution < -0.4 is 10.1 Å². The molecule has 0 radical (unpaired) electrons. The molecular weight excluding hydrogens is 332 g/mol. The molecule has 2 N–H and O–H groups in total. The predicted molar refractivity (Wildman–Crippen MR) is 101 cm³/mol.